The molecule has 158 valence electrons. The van der Waals surface area contributed by atoms with Crippen LogP contribution in [-0.4, -0.2) is 16.2 Å². The SMILES string of the molecule is Cc1ccc(-c2nc3c(s2)C2=CC[C@@H]4[C@H](CC[C@]5(C)C(O)CC[C@@H]45)[C@@]2(C)CC3)cc1. The fraction of sp³-hybridized carbons (Fsp3) is 0.593. The summed E-state index contributed by atoms with van der Waals surface area (Å²) in [6.45, 7) is 7.07. The summed E-state index contributed by atoms with van der Waals surface area (Å²) in [5.41, 5.74) is 5.92. The Morgan fingerprint density at radius 3 is 2.63 bits per heavy atom. The molecule has 0 amide bonds. The molecule has 0 saturated heterocycles. The van der Waals surface area contributed by atoms with Crippen molar-refractivity contribution in [3.05, 3.63) is 46.5 Å². The predicted molar refractivity (Wildman–Crippen MR) is 124 cm³/mol. The molecular formula is C27H33NOS. The van der Waals surface area contributed by atoms with Crippen molar-refractivity contribution in [1.29, 1.82) is 0 Å². The van der Waals surface area contributed by atoms with Crippen LogP contribution in [0.4, 0.5) is 0 Å². The number of aromatic nitrogens is 1. The Morgan fingerprint density at radius 1 is 1.03 bits per heavy atom. The van der Waals surface area contributed by atoms with Gasteiger partial charge in [0.15, 0.2) is 0 Å². The van der Waals surface area contributed by atoms with E-state index in [-0.39, 0.29) is 16.9 Å². The van der Waals surface area contributed by atoms with Crippen LogP contribution in [0.3, 0.4) is 0 Å². The molecule has 2 nitrogen and oxygen atoms in total. The number of fused-ring (bicyclic) bond motifs is 7. The number of aryl methyl sites for hydroxylation is 2. The molecule has 3 heteroatoms. The minimum absolute atomic E-state index is 0.0850. The summed E-state index contributed by atoms with van der Waals surface area (Å²) >= 11 is 1.92. The van der Waals surface area contributed by atoms with Gasteiger partial charge in [-0.1, -0.05) is 49.8 Å². The topological polar surface area (TPSA) is 33.1 Å². The van der Waals surface area contributed by atoms with E-state index in [1.54, 1.807) is 5.57 Å². The zero-order valence-corrected chi connectivity index (χ0v) is 19.3. The van der Waals surface area contributed by atoms with Gasteiger partial charge in [0, 0.05) is 5.56 Å². The van der Waals surface area contributed by atoms with Crippen LogP contribution in [-0.2, 0) is 6.42 Å². The minimum atomic E-state index is -0.0850. The van der Waals surface area contributed by atoms with Gasteiger partial charge in [0.05, 0.1) is 16.7 Å². The monoisotopic (exact) mass is 419 g/mol. The van der Waals surface area contributed by atoms with Crippen LogP contribution in [0, 0.1) is 35.5 Å². The number of thiazole rings is 1. The Balaban J connectivity index is 1.38. The Hall–Kier alpha value is -1.45. The second-order valence-electron chi connectivity index (χ2n) is 10.9. The summed E-state index contributed by atoms with van der Waals surface area (Å²) in [6.07, 6.45) is 10.8. The predicted octanol–water partition coefficient (Wildman–Crippen LogP) is 6.66. The molecule has 6 rings (SSSR count). The molecule has 6 atom stereocenters. The van der Waals surface area contributed by atoms with Crippen molar-refractivity contribution in [3.63, 3.8) is 0 Å². The van der Waals surface area contributed by atoms with Crippen LogP contribution >= 0.6 is 11.3 Å². The quantitative estimate of drug-likeness (QED) is 0.560. The summed E-state index contributed by atoms with van der Waals surface area (Å²) < 4.78 is 0. The van der Waals surface area contributed by atoms with Crippen LogP contribution in [0.2, 0.25) is 0 Å². The molecule has 1 unspecified atom stereocenters. The van der Waals surface area contributed by atoms with E-state index in [1.807, 2.05) is 11.3 Å². The van der Waals surface area contributed by atoms with Gasteiger partial charge in [-0.15, -0.1) is 11.3 Å². The van der Waals surface area contributed by atoms with Gasteiger partial charge in [-0.25, -0.2) is 4.98 Å². The Bertz CT molecular complexity index is 1020. The summed E-state index contributed by atoms with van der Waals surface area (Å²) in [4.78, 5) is 6.57. The lowest BCUT2D eigenvalue weighted by atomic mass is 9.48. The van der Waals surface area contributed by atoms with E-state index in [4.69, 9.17) is 4.98 Å². The van der Waals surface area contributed by atoms with Crippen molar-refractivity contribution in [1.82, 2.24) is 4.98 Å². The van der Waals surface area contributed by atoms with Crippen molar-refractivity contribution in [3.8, 4) is 10.6 Å². The van der Waals surface area contributed by atoms with E-state index in [0.29, 0.717) is 5.92 Å². The smallest absolute Gasteiger partial charge is 0.124 e. The second-order valence-corrected chi connectivity index (χ2v) is 11.9. The third-order valence-corrected chi connectivity index (χ3v) is 10.7. The van der Waals surface area contributed by atoms with Gasteiger partial charge < -0.3 is 5.11 Å². The van der Waals surface area contributed by atoms with E-state index in [9.17, 15) is 5.11 Å². The molecule has 0 spiro atoms. The highest BCUT2D eigenvalue weighted by molar-refractivity contribution is 7.16. The minimum Gasteiger partial charge on any atom is -0.393 e. The van der Waals surface area contributed by atoms with Crippen LogP contribution in [0.1, 0.15) is 68.5 Å². The molecule has 1 N–H and O–H groups in total. The summed E-state index contributed by atoms with van der Waals surface area (Å²) in [5, 5.41) is 11.9. The number of aliphatic hydroxyl groups excluding tert-OH is 1. The summed E-state index contributed by atoms with van der Waals surface area (Å²) in [5.74, 6) is 2.21. The number of rotatable bonds is 1. The maximum absolute atomic E-state index is 10.7. The summed E-state index contributed by atoms with van der Waals surface area (Å²) in [6, 6.07) is 8.83. The molecule has 1 aromatic carbocycles. The number of allylic oxidation sites excluding steroid dienone is 2. The molecule has 2 saturated carbocycles. The summed E-state index contributed by atoms with van der Waals surface area (Å²) in [7, 11) is 0. The maximum atomic E-state index is 10.7. The lowest BCUT2D eigenvalue weighted by Crippen LogP contribution is -2.50. The molecule has 2 aromatic rings. The average molecular weight is 420 g/mol. The van der Waals surface area contributed by atoms with E-state index in [0.717, 1.165) is 24.7 Å². The first-order valence-electron chi connectivity index (χ1n) is 11.9. The first-order valence-corrected chi connectivity index (χ1v) is 12.7. The van der Waals surface area contributed by atoms with Crippen molar-refractivity contribution < 1.29 is 5.11 Å². The lowest BCUT2D eigenvalue weighted by molar-refractivity contribution is -0.0579. The fourth-order valence-corrected chi connectivity index (χ4v) is 8.96. The first-order chi connectivity index (χ1) is 14.4. The Labute approximate surface area is 184 Å². The van der Waals surface area contributed by atoms with Crippen molar-refractivity contribution in [2.75, 3.05) is 0 Å². The largest absolute Gasteiger partial charge is 0.393 e. The molecule has 4 aliphatic rings. The number of hydrogen-bond donors (Lipinski definition) is 1. The van der Waals surface area contributed by atoms with Crippen LogP contribution in [0.15, 0.2) is 30.3 Å². The molecular weight excluding hydrogens is 386 g/mol. The molecule has 4 aliphatic carbocycles. The van der Waals surface area contributed by atoms with Gasteiger partial charge in [-0.2, -0.15) is 0 Å². The lowest BCUT2D eigenvalue weighted by Gasteiger charge is -2.56. The van der Waals surface area contributed by atoms with Gasteiger partial charge in [-0.3, -0.25) is 0 Å². The molecule has 30 heavy (non-hydrogen) atoms. The van der Waals surface area contributed by atoms with Crippen LogP contribution in [0.25, 0.3) is 16.1 Å². The average Bonchev–Trinajstić information content (AvgIpc) is 3.29. The van der Waals surface area contributed by atoms with Gasteiger partial charge in [0.25, 0.3) is 0 Å². The standard InChI is InChI=1S/C27H33NOS/c1-16-4-6-17(7-5-16)25-28-22-13-15-26(2)20-12-14-27(3)19(10-11-23(27)29)18(20)8-9-21(26)24(22)30-25/h4-7,9,18-20,23,29H,8,10-15H2,1-3H3/t18-,19-,20-,23?,26+,27-/m0/s1. The molecule has 1 aromatic heterocycles. The molecule has 0 radical (unpaired) electrons. The zero-order chi connectivity index (χ0) is 20.7. The van der Waals surface area contributed by atoms with E-state index in [1.165, 1.54) is 58.8 Å². The Kier molecular flexibility index (Phi) is 4.19. The van der Waals surface area contributed by atoms with E-state index >= 15 is 0 Å². The highest BCUT2D eigenvalue weighted by Crippen LogP contribution is 2.66. The van der Waals surface area contributed by atoms with Crippen molar-refractivity contribution >= 4 is 16.9 Å². The van der Waals surface area contributed by atoms with Crippen molar-refractivity contribution in [2.45, 2.75) is 71.8 Å². The number of aliphatic hydroxyl groups is 1. The van der Waals surface area contributed by atoms with Crippen LogP contribution < -0.4 is 0 Å². The van der Waals surface area contributed by atoms with Gasteiger partial charge in [-0.05, 0) is 86.0 Å². The number of hydrogen-bond acceptors (Lipinski definition) is 3. The van der Waals surface area contributed by atoms with E-state index < -0.39 is 0 Å². The molecule has 0 bridgehead atoms. The van der Waals surface area contributed by atoms with Gasteiger partial charge in [0.2, 0.25) is 0 Å². The fourth-order valence-electron chi connectivity index (χ4n) is 7.67. The van der Waals surface area contributed by atoms with Crippen LogP contribution in [0.5, 0.6) is 0 Å². The maximum Gasteiger partial charge on any atom is 0.124 e. The highest BCUT2D eigenvalue weighted by Gasteiger charge is 2.58. The van der Waals surface area contributed by atoms with Gasteiger partial charge >= 0.3 is 0 Å². The highest BCUT2D eigenvalue weighted by atomic mass is 32.1. The van der Waals surface area contributed by atoms with Crippen molar-refractivity contribution in [2.24, 2.45) is 28.6 Å². The molecule has 1 heterocycles. The van der Waals surface area contributed by atoms with Gasteiger partial charge in [0.1, 0.15) is 5.01 Å². The van der Waals surface area contributed by atoms with E-state index in [2.05, 4.69) is 51.1 Å². The number of benzene rings is 1. The third-order valence-electron chi connectivity index (χ3n) is 9.54. The zero-order valence-electron chi connectivity index (χ0n) is 18.4. The molecule has 0 aliphatic heterocycles. The molecule has 2 fully saturated rings. The number of nitrogens with zero attached hydrogens (tertiary/aromatic N) is 1. The Morgan fingerprint density at radius 2 is 1.83 bits per heavy atom. The first kappa shape index (κ1) is 19.3. The third kappa shape index (κ3) is 2.54. The second kappa shape index (κ2) is 6.53. The normalized spacial score (nSPS) is 39.5.